The highest BCUT2D eigenvalue weighted by Gasteiger charge is 2.20. The van der Waals surface area contributed by atoms with Crippen molar-refractivity contribution in [2.45, 2.75) is 68.2 Å². The molecule has 5 heteroatoms. The maximum atomic E-state index is 6.51. The van der Waals surface area contributed by atoms with Crippen molar-refractivity contribution in [3.05, 3.63) is 72.1 Å². The molecule has 0 fully saturated rings. The van der Waals surface area contributed by atoms with E-state index < -0.39 is 0 Å². The highest BCUT2D eigenvalue weighted by atomic mass is 16.3. The van der Waals surface area contributed by atoms with Gasteiger partial charge in [-0.3, -0.25) is 0 Å². The number of benzene rings is 3. The van der Waals surface area contributed by atoms with Gasteiger partial charge in [0.2, 0.25) is 5.36 Å². The zero-order valence-electron chi connectivity index (χ0n) is 28.7. The minimum Gasteiger partial charge on any atom is -0.456 e. The summed E-state index contributed by atoms with van der Waals surface area (Å²) in [4.78, 5) is 2.35. The molecule has 236 valence electrons. The normalized spacial score (nSPS) is 11.0. The van der Waals surface area contributed by atoms with E-state index in [4.69, 9.17) is 4.42 Å². The van der Waals surface area contributed by atoms with Gasteiger partial charge in [0.05, 0.1) is 32.2 Å². The summed E-state index contributed by atoms with van der Waals surface area (Å²) in [7, 11) is 1.50. The van der Waals surface area contributed by atoms with Crippen LogP contribution in [0.15, 0.2) is 71.1 Å². The molecular weight excluding hydrogens is 528 g/mol. The van der Waals surface area contributed by atoms with E-state index in [9.17, 15) is 0 Å². The molecule has 0 amide bonds. The molecule has 0 saturated carbocycles. The maximum Gasteiger partial charge on any atom is 0.203 e. The van der Waals surface area contributed by atoms with E-state index in [-0.39, 0.29) is 0 Å². The van der Waals surface area contributed by atoms with Crippen molar-refractivity contribution in [1.29, 1.82) is 0 Å². The minimum absolute atomic E-state index is 0.933. The van der Waals surface area contributed by atoms with Crippen LogP contribution in [-0.2, 0) is 0 Å². The van der Waals surface area contributed by atoms with Crippen molar-refractivity contribution in [1.82, 2.24) is 4.58 Å². The molecule has 0 bridgehead atoms. The molecule has 0 unspecified atom stereocenters. The summed E-state index contributed by atoms with van der Waals surface area (Å²) in [6.45, 7) is 27.2. The molecule has 2 aliphatic rings. The first-order chi connectivity index (χ1) is 20.9. The summed E-state index contributed by atoms with van der Waals surface area (Å²) < 4.78 is 10.2. The van der Waals surface area contributed by atoms with E-state index in [1.807, 2.05) is 0 Å². The summed E-state index contributed by atoms with van der Waals surface area (Å²) in [6, 6.07) is 23.9. The molecule has 0 saturated heterocycles. The molecule has 1 aliphatic heterocycles. The number of hydrogen-bond acceptors (Lipinski definition) is 3. The number of hydrogen-bond donors (Lipinski definition) is 1. The first kappa shape index (κ1) is 36.0. The van der Waals surface area contributed by atoms with Crippen molar-refractivity contribution in [2.24, 2.45) is 5.73 Å². The lowest BCUT2D eigenvalue weighted by Crippen LogP contribution is -2.48. The fraction of sp³-hybridized carbons (Fsp3) is 0.500. The van der Waals surface area contributed by atoms with Crippen molar-refractivity contribution in [3.63, 3.8) is 0 Å². The molecule has 1 heterocycles. The Morgan fingerprint density at radius 2 is 1.37 bits per heavy atom. The Labute approximate surface area is 262 Å². The maximum absolute atomic E-state index is 6.51. The van der Waals surface area contributed by atoms with Gasteiger partial charge in [0.25, 0.3) is 0 Å². The highest BCUT2D eigenvalue weighted by molar-refractivity contribution is 6.02. The van der Waals surface area contributed by atoms with E-state index in [1.165, 1.54) is 72.7 Å². The largest absolute Gasteiger partial charge is 0.456 e. The van der Waals surface area contributed by atoms with Gasteiger partial charge in [0, 0.05) is 47.4 Å². The lowest BCUT2D eigenvalue weighted by Gasteiger charge is -2.35. The average molecular weight is 589 g/mol. The SMILES string of the molecule is CCCC[N+](CC)(CC)CC.CCN(CC)c1ccc2c(-c3ccccc3)c3ccc(=[N+](CC)CC)cc-3oc2c1.CN. The Kier molecular flexibility index (Phi) is 15.5. The Bertz CT molecular complexity index is 1370. The van der Waals surface area contributed by atoms with Crippen LogP contribution in [0, 0.1) is 0 Å². The number of rotatable bonds is 12. The number of unbranched alkanes of at least 4 members (excludes halogenated alkanes) is 1. The van der Waals surface area contributed by atoms with Gasteiger partial charge in [-0.1, -0.05) is 43.7 Å². The van der Waals surface area contributed by atoms with Gasteiger partial charge in [-0.05, 0) is 85.7 Å². The van der Waals surface area contributed by atoms with Crippen molar-refractivity contribution in [2.75, 3.05) is 64.3 Å². The lowest BCUT2D eigenvalue weighted by atomic mass is 9.93. The molecule has 0 radical (unpaired) electrons. The topological polar surface area (TPSA) is 45.4 Å². The quantitative estimate of drug-likeness (QED) is 0.103. The molecule has 4 rings (SSSR count). The molecule has 5 nitrogen and oxygen atoms in total. The Hall–Kier alpha value is -3.15. The molecule has 2 aromatic carbocycles. The number of quaternary nitrogens is 1. The average Bonchev–Trinajstić information content (AvgIpc) is 3.07. The van der Waals surface area contributed by atoms with Crippen LogP contribution in [0.5, 0.6) is 0 Å². The van der Waals surface area contributed by atoms with E-state index in [0.29, 0.717) is 0 Å². The van der Waals surface area contributed by atoms with Gasteiger partial charge < -0.3 is 19.5 Å². The fourth-order valence-corrected chi connectivity index (χ4v) is 5.99. The van der Waals surface area contributed by atoms with Gasteiger partial charge in [-0.15, -0.1) is 0 Å². The molecule has 2 aromatic rings. The van der Waals surface area contributed by atoms with Crippen molar-refractivity contribution >= 4 is 16.7 Å². The highest BCUT2D eigenvalue weighted by Crippen LogP contribution is 2.40. The van der Waals surface area contributed by atoms with Crippen molar-refractivity contribution < 1.29 is 8.90 Å². The van der Waals surface area contributed by atoms with Crippen LogP contribution in [0.1, 0.15) is 68.2 Å². The second kappa shape index (κ2) is 18.5. The smallest absolute Gasteiger partial charge is 0.203 e. The number of fused-ring (bicyclic) bond motifs is 2. The third-order valence-corrected chi connectivity index (χ3v) is 9.01. The summed E-state index contributed by atoms with van der Waals surface area (Å²) >= 11 is 0. The third-order valence-electron chi connectivity index (χ3n) is 9.01. The monoisotopic (exact) mass is 588 g/mol. The van der Waals surface area contributed by atoms with E-state index in [0.717, 1.165) is 48.5 Å². The van der Waals surface area contributed by atoms with Gasteiger partial charge in [-0.2, -0.15) is 0 Å². The van der Waals surface area contributed by atoms with Crippen LogP contribution >= 0.6 is 0 Å². The molecule has 2 N–H and O–H groups in total. The van der Waals surface area contributed by atoms with Crippen LogP contribution in [-0.4, -0.2) is 63.9 Å². The lowest BCUT2D eigenvalue weighted by molar-refractivity contribution is -0.923. The number of nitrogens with zero attached hydrogens (tertiary/aromatic N) is 3. The van der Waals surface area contributed by atoms with Crippen LogP contribution < -0.4 is 20.6 Å². The van der Waals surface area contributed by atoms with Gasteiger partial charge in [-0.25, -0.2) is 4.58 Å². The predicted molar refractivity (Wildman–Crippen MR) is 190 cm³/mol. The molecule has 0 aromatic heterocycles. The summed E-state index contributed by atoms with van der Waals surface area (Å²) in [5.41, 5.74) is 10.2. The van der Waals surface area contributed by atoms with E-state index >= 15 is 0 Å². The fourth-order valence-electron chi connectivity index (χ4n) is 5.99. The zero-order chi connectivity index (χ0) is 31.8. The number of nitrogens with two attached hydrogens (primary N) is 1. The van der Waals surface area contributed by atoms with Crippen LogP contribution in [0.25, 0.3) is 33.4 Å². The molecule has 0 spiro atoms. The van der Waals surface area contributed by atoms with E-state index in [2.05, 4.69) is 137 Å². The van der Waals surface area contributed by atoms with Crippen molar-refractivity contribution in [3.8, 4) is 22.5 Å². The van der Waals surface area contributed by atoms with Gasteiger partial charge >= 0.3 is 0 Å². The Morgan fingerprint density at radius 1 is 0.744 bits per heavy atom. The Morgan fingerprint density at radius 3 is 1.91 bits per heavy atom. The Balaban J connectivity index is 0.000000422. The first-order valence-electron chi connectivity index (χ1n) is 16.8. The molecular formula is C38H60N4O+2. The van der Waals surface area contributed by atoms with Crippen LogP contribution in [0.4, 0.5) is 5.69 Å². The summed E-state index contributed by atoms with van der Waals surface area (Å²) in [5.74, 6) is 0.933. The van der Waals surface area contributed by atoms with Crippen LogP contribution in [0.2, 0.25) is 0 Å². The van der Waals surface area contributed by atoms with Gasteiger partial charge in [0.15, 0.2) is 0 Å². The van der Waals surface area contributed by atoms with E-state index in [1.54, 1.807) is 0 Å². The summed E-state index contributed by atoms with van der Waals surface area (Å²) in [5, 5.41) is 2.36. The number of anilines is 1. The second-order valence-electron chi connectivity index (χ2n) is 10.9. The standard InChI is InChI=1S/C27H31N2O.C10H24N.CH5N/c1-5-28(6-2)21-14-16-23-25(18-21)30-26-19-22(29(7-3)8-4)15-17-24(26)27(23)20-12-10-9-11-13-20;1-5-9-10-11(6-2,7-3)8-4;1-2/h9-19H,5-8H2,1-4H3;5-10H2,1-4H3;2H2,1H3/q2*+1;. The van der Waals surface area contributed by atoms with Crippen LogP contribution in [0.3, 0.4) is 0 Å². The third kappa shape index (κ3) is 8.93. The molecule has 43 heavy (non-hydrogen) atoms. The predicted octanol–water partition coefficient (Wildman–Crippen LogP) is 8.10. The first-order valence-corrected chi connectivity index (χ1v) is 16.8. The van der Waals surface area contributed by atoms with Gasteiger partial charge in [0.1, 0.15) is 24.4 Å². The minimum atomic E-state index is 0.933. The molecule has 0 atom stereocenters. The summed E-state index contributed by atoms with van der Waals surface area (Å²) in [6.07, 6.45) is 2.72. The molecule has 1 aliphatic carbocycles. The second-order valence-corrected chi connectivity index (χ2v) is 10.9. The zero-order valence-corrected chi connectivity index (χ0v) is 28.7.